The number of amides is 1. The van der Waals surface area contributed by atoms with Gasteiger partial charge in [0.05, 0.1) is 19.8 Å². The second kappa shape index (κ2) is 7.13. The highest BCUT2D eigenvalue weighted by molar-refractivity contribution is 6.11. The van der Waals surface area contributed by atoms with Crippen molar-refractivity contribution in [2.45, 2.75) is 19.4 Å². The fourth-order valence-electron chi connectivity index (χ4n) is 3.72. The number of hydrogen-bond acceptors (Lipinski definition) is 6. The lowest BCUT2D eigenvalue weighted by atomic mass is 10.0. The first kappa shape index (κ1) is 18.6. The third-order valence-corrected chi connectivity index (χ3v) is 5.16. The molecule has 5 rings (SSSR count). The van der Waals surface area contributed by atoms with E-state index < -0.39 is 12.3 Å². The van der Waals surface area contributed by atoms with E-state index in [1.807, 2.05) is 19.3 Å². The second-order valence-electron chi connectivity index (χ2n) is 7.10. The monoisotopic (exact) mass is 413 g/mol. The molecule has 2 aliphatic rings. The summed E-state index contributed by atoms with van der Waals surface area (Å²) in [5.41, 5.74) is 3.69. The molecule has 0 aliphatic carbocycles. The summed E-state index contributed by atoms with van der Waals surface area (Å²) in [6, 6.07) is 5.04. The molecule has 30 heavy (non-hydrogen) atoms. The van der Waals surface area contributed by atoms with Crippen molar-refractivity contribution in [3.8, 4) is 11.5 Å². The maximum absolute atomic E-state index is 13.2. The van der Waals surface area contributed by atoms with Crippen LogP contribution < -0.4 is 4.90 Å². The van der Waals surface area contributed by atoms with Gasteiger partial charge in [-0.1, -0.05) is 12.1 Å². The number of ether oxygens (including phenoxy) is 1. The van der Waals surface area contributed by atoms with E-state index in [2.05, 4.69) is 15.3 Å². The minimum absolute atomic E-state index is 0.0507. The van der Waals surface area contributed by atoms with Crippen LogP contribution in [0.15, 0.2) is 34.9 Å². The summed E-state index contributed by atoms with van der Waals surface area (Å²) in [5.74, 6) is -0.425. The first-order valence-electron chi connectivity index (χ1n) is 9.39. The van der Waals surface area contributed by atoms with Gasteiger partial charge in [-0.15, -0.1) is 10.2 Å². The van der Waals surface area contributed by atoms with E-state index in [1.54, 1.807) is 27.8 Å². The molecule has 0 N–H and O–H groups in total. The lowest BCUT2D eigenvalue weighted by Crippen LogP contribution is -2.24. The fourth-order valence-corrected chi connectivity index (χ4v) is 3.72. The number of nitrogens with zero attached hydrogens (tertiary/aromatic N) is 5. The van der Waals surface area contributed by atoms with Crippen molar-refractivity contribution < 1.29 is 22.7 Å². The van der Waals surface area contributed by atoms with Gasteiger partial charge in [-0.05, 0) is 29.7 Å². The van der Waals surface area contributed by atoms with Crippen molar-refractivity contribution in [1.29, 1.82) is 0 Å². The van der Waals surface area contributed by atoms with Gasteiger partial charge >= 0.3 is 6.43 Å². The average Bonchev–Trinajstić information content (AvgIpc) is 3.46. The quantitative estimate of drug-likeness (QED) is 0.652. The summed E-state index contributed by atoms with van der Waals surface area (Å²) >= 11 is 0. The Labute approximate surface area is 169 Å². The molecule has 0 saturated carbocycles. The van der Waals surface area contributed by atoms with E-state index in [4.69, 9.17) is 9.15 Å². The van der Waals surface area contributed by atoms with Gasteiger partial charge in [0.2, 0.25) is 5.89 Å². The molecular formula is C20H17F2N5O3. The van der Waals surface area contributed by atoms with Crippen LogP contribution in [0.25, 0.3) is 17.0 Å². The molecule has 1 amide bonds. The molecule has 0 atom stereocenters. The van der Waals surface area contributed by atoms with Crippen molar-refractivity contribution in [3.63, 3.8) is 0 Å². The van der Waals surface area contributed by atoms with Crippen LogP contribution in [-0.2, 0) is 18.3 Å². The standard InChI is InChI=1S/C20H17F2N5O3/c1-26-10-15(11-4-6-29-7-5-11)17(25-26)27-9-13-3-2-12(8-14(13)20(27)28)18-23-24-19(30-18)16(21)22/h2-4,8,10,16H,5-7,9H2,1H3. The number of alkyl halides is 2. The Morgan fingerprint density at radius 1 is 1.20 bits per heavy atom. The Hall–Kier alpha value is -3.40. The van der Waals surface area contributed by atoms with Crippen LogP contribution in [0, 0.1) is 0 Å². The van der Waals surface area contributed by atoms with Crippen LogP contribution in [0.5, 0.6) is 0 Å². The van der Waals surface area contributed by atoms with Gasteiger partial charge in [-0.3, -0.25) is 14.4 Å². The predicted molar refractivity (Wildman–Crippen MR) is 102 cm³/mol. The molecule has 0 radical (unpaired) electrons. The maximum Gasteiger partial charge on any atom is 0.314 e. The van der Waals surface area contributed by atoms with Crippen molar-refractivity contribution in [2.75, 3.05) is 18.1 Å². The summed E-state index contributed by atoms with van der Waals surface area (Å²) in [7, 11) is 1.81. The lowest BCUT2D eigenvalue weighted by molar-refractivity contribution is 0.0995. The molecule has 8 nitrogen and oxygen atoms in total. The van der Waals surface area contributed by atoms with Gasteiger partial charge in [0.15, 0.2) is 5.82 Å². The number of aromatic nitrogens is 4. The molecule has 4 heterocycles. The molecule has 1 aromatic carbocycles. The van der Waals surface area contributed by atoms with Gasteiger partial charge in [0.1, 0.15) is 0 Å². The lowest BCUT2D eigenvalue weighted by Gasteiger charge is -2.18. The number of carbonyl (C=O) groups excluding carboxylic acids is 1. The van der Waals surface area contributed by atoms with E-state index in [9.17, 15) is 13.6 Å². The zero-order chi connectivity index (χ0) is 20.8. The van der Waals surface area contributed by atoms with Crippen LogP contribution in [0.4, 0.5) is 14.6 Å². The Morgan fingerprint density at radius 3 is 2.80 bits per heavy atom. The van der Waals surface area contributed by atoms with Crippen molar-refractivity contribution in [2.24, 2.45) is 7.05 Å². The zero-order valence-corrected chi connectivity index (χ0v) is 16.0. The number of hydrogen-bond donors (Lipinski definition) is 0. The summed E-state index contributed by atoms with van der Waals surface area (Å²) in [6.07, 6.45) is 1.81. The first-order valence-corrected chi connectivity index (χ1v) is 9.39. The third kappa shape index (κ3) is 3.09. The van der Waals surface area contributed by atoms with Gasteiger partial charge in [0, 0.05) is 29.9 Å². The van der Waals surface area contributed by atoms with Gasteiger partial charge in [-0.2, -0.15) is 13.9 Å². The van der Waals surface area contributed by atoms with Crippen molar-refractivity contribution >= 4 is 17.3 Å². The molecule has 0 spiro atoms. The Morgan fingerprint density at radius 2 is 2.07 bits per heavy atom. The molecule has 154 valence electrons. The number of carbonyl (C=O) groups is 1. The molecule has 2 aliphatic heterocycles. The Kier molecular flexibility index (Phi) is 4.43. The number of aryl methyl sites for hydroxylation is 1. The largest absolute Gasteiger partial charge is 0.415 e. The van der Waals surface area contributed by atoms with Gasteiger partial charge in [0.25, 0.3) is 11.8 Å². The van der Waals surface area contributed by atoms with Gasteiger partial charge in [-0.25, -0.2) is 0 Å². The van der Waals surface area contributed by atoms with Crippen LogP contribution in [-0.4, -0.2) is 39.1 Å². The predicted octanol–water partition coefficient (Wildman–Crippen LogP) is 3.37. The third-order valence-electron chi connectivity index (χ3n) is 5.16. The summed E-state index contributed by atoms with van der Waals surface area (Å²) in [4.78, 5) is 14.8. The van der Waals surface area contributed by atoms with Crippen LogP contribution in [0.3, 0.4) is 0 Å². The Bertz CT molecular complexity index is 1170. The minimum atomic E-state index is -2.85. The van der Waals surface area contributed by atoms with Crippen LogP contribution in [0.2, 0.25) is 0 Å². The Balaban J connectivity index is 1.48. The van der Waals surface area contributed by atoms with E-state index in [1.165, 1.54) is 0 Å². The summed E-state index contributed by atoms with van der Waals surface area (Å²) in [6.45, 7) is 1.53. The summed E-state index contributed by atoms with van der Waals surface area (Å²) in [5, 5.41) is 11.5. The minimum Gasteiger partial charge on any atom is -0.415 e. The summed E-state index contributed by atoms with van der Waals surface area (Å²) < 4.78 is 37.5. The first-order chi connectivity index (χ1) is 14.5. The van der Waals surface area contributed by atoms with Crippen LogP contribution >= 0.6 is 0 Å². The highest BCUT2D eigenvalue weighted by Crippen LogP contribution is 2.36. The number of halogens is 2. The normalized spacial score (nSPS) is 16.3. The molecule has 0 bridgehead atoms. The molecule has 0 fully saturated rings. The number of benzene rings is 1. The zero-order valence-electron chi connectivity index (χ0n) is 16.0. The molecule has 10 heteroatoms. The number of rotatable bonds is 4. The molecular weight excluding hydrogens is 396 g/mol. The molecule has 0 unspecified atom stereocenters. The number of anilines is 1. The highest BCUT2D eigenvalue weighted by Gasteiger charge is 2.33. The smallest absolute Gasteiger partial charge is 0.314 e. The highest BCUT2D eigenvalue weighted by atomic mass is 19.3. The van der Waals surface area contributed by atoms with Crippen LogP contribution in [0.1, 0.15) is 40.2 Å². The van der Waals surface area contributed by atoms with E-state index >= 15 is 0 Å². The average molecular weight is 413 g/mol. The molecule has 0 saturated heterocycles. The topological polar surface area (TPSA) is 86.3 Å². The van der Waals surface area contributed by atoms with Crippen molar-refractivity contribution in [1.82, 2.24) is 20.0 Å². The SMILES string of the molecule is Cn1cc(C2=CCOCC2)c(N2Cc3ccc(-c4nnc(C(F)F)o4)cc3C2=O)n1. The van der Waals surface area contributed by atoms with E-state index in [-0.39, 0.29) is 11.8 Å². The van der Waals surface area contributed by atoms with E-state index in [0.29, 0.717) is 36.7 Å². The number of fused-ring (bicyclic) bond motifs is 1. The van der Waals surface area contributed by atoms with Gasteiger partial charge < -0.3 is 9.15 Å². The fraction of sp³-hybridized carbons (Fsp3) is 0.300. The molecule has 2 aromatic heterocycles. The van der Waals surface area contributed by atoms with E-state index in [0.717, 1.165) is 23.1 Å². The second-order valence-corrected chi connectivity index (χ2v) is 7.10. The maximum atomic E-state index is 13.2. The van der Waals surface area contributed by atoms with Crippen molar-refractivity contribution in [3.05, 3.63) is 53.1 Å². The molecule has 3 aromatic rings.